The summed E-state index contributed by atoms with van der Waals surface area (Å²) < 4.78 is 14.9. The molecule has 1 amide bonds. The maximum Gasteiger partial charge on any atom is 0.256 e. The van der Waals surface area contributed by atoms with Gasteiger partial charge in [0.1, 0.15) is 17.5 Å². The number of rotatable bonds is 5. The summed E-state index contributed by atoms with van der Waals surface area (Å²) in [7, 11) is 1.59. The number of benzene rings is 1. The van der Waals surface area contributed by atoms with Gasteiger partial charge >= 0.3 is 0 Å². The Bertz CT molecular complexity index is 1070. The number of anilines is 1. The summed E-state index contributed by atoms with van der Waals surface area (Å²) in [5.74, 6) is 0.201. The van der Waals surface area contributed by atoms with Crippen LogP contribution in [0, 0.1) is 5.82 Å². The first-order valence-electron chi connectivity index (χ1n) is 10.3. The van der Waals surface area contributed by atoms with Gasteiger partial charge in [-0.3, -0.25) is 4.79 Å². The second-order valence-corrected chi connectivity index (χ2v) is 7.75. The van der Waals surface area contributed by atoms with Gasteiger partial charge < -0.3 is 16.0 Å². The molecule has 7 nitrogen and oxygen atoms in total. The number of hydrogen-bond donors (Lipinski definition) is 2. The zero-order valence-corrected chi connectivity index (χ0v) is 17.4. The van der Waals surface area contributed by atoms with Crippen molar-refractivity contribution in [3.63, 3.8) is 0 Å². The molecule has 3 aromatic rings. The van der Waals surface area contributed by atoms with Crippen molar-refractivity contribution in [2.75, 3.05) is 25.9 Å². The Labute approximate surface area is 180 Å². The van der Waals surface area contributed by atoms with Gasteiger partial charge in [0, 0.05) is 31.2 Å². The zero-order valence-electron chi connectivity index (χ0n) is 17.4. The zero-order chi connectivity index (χ0) is 21.8. The van der Waals surface area contributed by atoms with Gasteiger partial charge in [0.2, 0.25) is 0 Å². The van der Waals surface area contributed by atoms with Crippen LogP contribution >= 0.6 is 0 Å². The fourth-order valence-corrected chi connectivity index (χ4v) is 3.86. The van der Waals surface area contributed by atoms with Crippen LogP contribution in [0.25, 0.3) is 11.1 Å². The van der Waals surface area contributed by atoms with Crippen LogP contribution in [0.1, 0.15) is 40.5 Å². The highest BCUT2D eigenvalue weighted by molar-refractivity contribution is 5.95. The van der Waals surface area contributed by atoms with Crippen LogP contribution in [0.5, 0.6) is 0 Å². The maximum atomic E-state index is 14.9. The molecule has 0 bridgehead atoms. The molecule has 1 fully saturated rings. The number of pyridine rings is 1. The summed E-state index contributed by atoms with van der Waals surface area (Å²) in [5.41, 5.74) is 8.47. The molecule has 1 aliphatic heterocycles. The van der Waals surface area contributed by atoms with E-state index in [0.717, 1.165) is 31.5 Å². The van der Waals surface area contributed by atoms with Crippen molar-refractivity contribution in [1.82, 2.24) is 25.2 Å². The number of halogens is 1. The van der Waals surface area contributed by atoms with Crippen molar-refractivity contribution in [3.05, 3.63) is 71.7 Å². The highest BCUT2D eigenvalue weighted by Gasteiger charge is 2.20. The number of piperidine rings is 1. The Morgan fingerprint density at radius 2 is 1.94 bits per heavy atom. The van der Waals surface area contributed by atoms with Gasteiger partial charge in [-0.05, 0) is 67.2 Å². The molecule has 0 aliphatic carbocycles. The smallest absolute Gasteiger partial charge is 0.256 e. The Balaban J connectivity index is 1.56. The molecule has 1 saturated heterocycles. The standard InChI is InChI=1S/C23H25FN6O/c1-30(14-21-27-7-2-8-28-21)23(31)18-4-3-16(12-20(18)24)19-11-17(13-29-22(19)25)15-5-9-26-10-6-15/h2-4,7-8,11-13,15,26H,5-6,9-10,14H2,1H3,(H2,25,29). The van der Waals surface area contributed by atoms with Gasteiger partial charge in [0.05, 0.1) is 12.1 Å². The van der Waals surface area contributed by atoms with E-state index >= 15 is 0 Å². The van der Waals surface area contributed by atoms with E-state index in [9.17, 15) is 9.18 Å². The second kappa shape index (κ2) is 9.18. The SMILES string of the molecule is CN(Cc1ncccn1)C(=O)c1ccc(-c2cc(C3CCNCC3)cnc2N)cc1F. The van der Waals surface area contributed by atoms with Crippen molar-refractivity contribution < 1.29 is 9.18 Å². The molecule has 0 radical (unpaired) electrons. The van der Waals surface area contributed by atoms with E-state index in [1.165, 1.54) is 17.0 Å². The molecule has 0 atom stereocenters. The van der Waals surface area contributed by atoms with Gasteiger partial charge in [0.25, 0.3) is 5.91 Å². The van der Waals surface area contributed by atoms with Crippen LogP contribution in [-0.2, 0) is 6.54 Å². The van der Waals surface area contributed by atoms with E-state index in [-0.39, 0.29) is 12.1 Å². The number of aromatic nitrogens is 3. The first-order chi connectivity index (χ1) is 15.0. The summed E-state index contributed by atoms with van der Waals surface area (Å²) in [6, 6.07) is 8.24. The summed E-state index contributed by atoms with van der Waals surface area (Å²) in [5, 5.41) is 3.35. The molecule has 3 N–H and O–H groups in total. The first-order valence-corrected chi connectivity index (χ1v) is 10.3. The Morgan fingerprint density at radius 1 is 1.19 bits per heavy atom. The predicted octanol–water partition coefficient (Wildman–Crippen LogP) is 3.00. The Kier molecular flexibility index (Phi) is 6.18. The molecule has 0 spiro atoms. The van der Waals surface area contributed by atoms with Crippen LogP contribution in [0.2, 0.25) is 0 Å². The minimum Gasteiger partial charge on any atom is -0.383 e. The minimum atomic E-state index is -0.602. The molecular formula is C23H25FN6O. The average Bonchev–Trinajstić information content (AvgIpc) is 2.80. The fourth-order valence-electron chi connectivity index (χ4n) is 3.86. The molecule has 0 saturated carbocycles. The van der Waals surface area contributed by atoms with Crippen LogP contribution in [0.4, 0.5) is 10.2 Å². The largest absolute Gasteiger partial charge is 0.383 e. The predicted molar refractivity (Wildman–Crippen MR) is 117 cm³/mol. The second-order valence-electron chi connectivity index (χ2n) is 7.75. The number of hydrogen-bond acceptors (Lipinski definition) is 6. The lowest BCUT2D eigenvalue weighted by atomic mass is 9.89. The highest BCUT2D eigenvalue weighted by atomic mass is 19.1. The molecule has 160 valence electrons. The molecule has 31 heavy (non-hydrogen) atoms. The molecule has 3 heterocycles. The van der Waals surface area contributed by atoms with E-state index in [4.69, 9.17) is 5.73 Å². The lowest BCUT2D eigenvalue weighted by Gasteiger charge is -2.23. The van der Waals surface area contributed by atoms with Gasteiger partial charge in [-0.1, -0.05) is 6.07 Å². The maximum absolute atomic E-state index is 14.9. The van der Waals surface area contributed by atoms with E-state index < -0.39 is 11.7 Å². The summed E-state index contributed by atoms with van der Waals surface area (Å²) >= 11 is 0. The Morgan fingerprint density at radius 3 is 2.65 bits per heavy atom. The number of carbonyl (C=O) groups is 1. The van der Waals surface area contributed by atoms with Gasteiger partial charge in [-0.2, -0.15) is 0 Å². The van der Waals surface area contributed by atoms with Crippen LogP contribution in [0.15, 0.2) is 48.9 Å². The lowest BCUT2D eigenvalue weighted by molar-refractivity contribution is 0.0777. The first kappa shape index (κ1) is 20.9. The van der Waals surface area contributed by atoms with Crippen molar-refractivity contribution >= 4 is 11.7 Å². The average molecular weight is 420 g/mol. The Hall–Kier alpha value is -3.39. The van der Waals surface area contributed by atoms with Crippen molar-refractivity contribution in [2.45, 2.75) is 25.3 Å². The number of nitrogens with two attached hydrogens (primary N) is 1. The molecule has 1 aromatic carbocycles. The normalized spacial score (nSPS) is 14.4. The third kappa shape index (κ3) is 4.69. The third-order valence-electron chi connectivity index (χ3n) is 5.61. The highest BCUT2D eigenvalue weighted by Crippen LogP contribution is 2.32. The summed E-state index contributed by atoms with van der Waals surface area (Å²) in [6.07, 6.45) is 7.08. The monoisotopic (exact) mass is 420 g/mol. The van der Waals surface area contributed by atoms with Crippen LogP contribution < -0.4 is 11.1 Å². The topological polar surface area (TPSA) is 97.0 Å². The molecule has 2 aromatic heterocycles. The lowest BCUT2D eigenvalue weighted by Crippen LogP contribution is -2.27. The van der Waals surface area contributed by atoms with Crippen molar-refractivity contribution in [2.24, 2.45) is 0 Å². The molecular weight excluding hydrogens is 395 g/mol. The van der Waals surface area contributed by atoms with Gasteiger partial charge in [-0.25, -0.2) is 19.3 Å². The van der Waals surface area contributed by atoms with Crippen LogP contribution in [0.3, 0.4) is 0 Å². The van der Waals surface area contributed by atoms with E-state index in [2.05, 4.69) is 20.3 Å². The molecule has 4 rings (SSSR count). The molecule has 0 unspecified atom stereocenters. The third-order valence-corrected chi connectivity index (χ3v) is 5.61. The summed E-state index contributed by atoms with van der Waals surface area (Å²) in [6.45, 7) is 2.13. The number of nitrogens with zero attached hydrogens (tertiary/aromatic N) is 4. The quantitative estimate of drug-likeness (QED) is 0.659. The van der Waals surface area contributed by atoms with Crippen molar-refractivity contribution in [3.8, 4) is 11.1 Å². The van der Waals surface area contributed by atoms with Gasteiger partial charge in [0.15, 0.2) is 0 Å². The number of amides is 1. The number of nitrogen functional groups attached to an aromatic ring is 1. The number of nitrogens with one attached hydrogen (secondary N) is 1. The number of carbonyl (C=O) groups excluding carboxylic acids is 1. The van der Waals surface area contributed by atoms with E-state index in [1.807, 2.05) is 12.3 Å². The van der Waals surface area contributed by atoms with E-state index in [1.54, 1.807) is 31.6 Å². The van der Waals surface area contributed by atoms with Crippen LogP contribution in [-0.4, -0.2) is 45.9 Å². The van der Waals surface area contributed by atoms with Crippen molar-refractivity contribution in [1.29, 1.82) is 0 Å². The molecule has 8 heteroatoms. The fraction of sp³-hybridized carbons (Fsp3) is 0.304. The minimum absolute atomic E-state index is 0.0109. The van der Waals surface area contributed by atoms with Gasteiger partial charge in [-0.15, -0.1) is 0 Å². The summed E-state index contributed by atoms with van der Waals surface area (Å²) in [4.78, 5) is 26.7. The molecule has 1 aliphatic rings. The van der Waals surface area contributed by atoms with E-state index in [0.29, 0.717) is 28.7 Å².